The average molecular weight is 300 g/mol. The normalized spacial score (nSPS) is 10.4. The van der Waals surface area contributed by atoms with Crippen LogP contribution in [0.1, 0.15) is 0 Å². The minimum absolute atomic E-state index is 0.0724. The van der Waals surface area contributed by atoms with Crippen molar-refractivity contribution in [2.75, 3.05) is 18.5 Å². The van der Waals surface area contributed by atoms with Crippen LogP contribution in [0.15, 0.2) is 28.3 Å². The van der Waals surface area contributed by atoms with Gasteiger partial charge in [0.1, 0.15) is 0 Å². The van der Waals surface area contributed by atoms with Gasteiger partial charge in [-0.15, -0.1) is 11.3 Å². The Kier molecular flexibility index (Phi) is 3.87. The fourth-order valence-electron chi connectivity index (χ4n) is 1.18. The summed E-state index contributed by atoms with van der Waals surface area (Å²) < 4.78 is 1.09. The van der Waals surface area contributed by atoms with Crippen LogP contribution in [-0.4, -0.2) is 28.2 Å². The number of halogens is 1. The van der Waals surface area contributed by atoms with Crippen LogP contribution in [0.2, 0.25) is 0 Å². The first-order valence-corrected chi connectivity index (χ1v) is 6.33. The SMILES string of the molecule is OCCNc1ncc(-c2ccc(Br)s2)cn1. The molecule has 2 rings (SSSR count). The molecule has 84 valence electrons. The molecule has 0 bridgehead atoms. The Morgan fingerprint density at radius 1 is 1.31 bits per heavy atom. The third kappa shape index (κ3) is 2.78. The molecule has 0 spiro atoms. The fraction of sp³-hybridized carbons (Fsp3) is 0.200. The Labute approximate surface area is 106 Å². The van der Waals surface area contributed by atoms with Gasteiger partial charge in [0.2, 0.25) is 5.95 Å². The molecule has 2 aromatic rings. The molecule has 16 heavy (non-hydrogen) atoms. The zero-order chi connectivity index (χ0) is 11.4. The van der Waals surface area contributed by atoms with E-state index >= 15 is 0 Å². The lowest BCUT2D eigenvalue weighted by atomic mass is 10.3. The minimum atomic E-state index is 0.0724. The van der Waals surface area contributed by atoms with E-state index in [1.807, 2.05) is 12.1 Å². The number of rotatable bonds is 4. The van der Waals surface area contributed by atoms with Crippen LogP contribution in [0.4, 0.5) is 5.95 Å². The molecule has 0 aliphatic carbocycles. The number of hydrogen-bond donors (Lipinski definition) is 2. The van der Waals surface area contributed by atoms with Gasteiger partial charge in [-0.05, 0) is 28.1 Å². The highest BCUT2D eigenvalue weighted by atomic mass is 79.9. The molecule has 2 aromatic heterocycles. The highest BCUT2D eigenvalue weighted by Crippen LogP contribution is 2.30. The minimum Gasteiger partial charge on any atom is -0.395 e. The van der Waals surface area contributed by atoms with E-state index in [-0.39, 0.29) is 6.61 Å². The number of anilines is 1. The quantitative estimate of drug-likeness (QED) is 0.910. The predicted octanol–water partition coefficient (Wildman–Crippen LogP) is 2.37. The van der Waals surface area contributed by atoms with Gasteiger partial charge >= 0.3 is 0 Å². The fourth-order valence-corrected chi connectivity index (χ4v) is 2.54. The van der Waals surface area contributed by atoms with Gasteiger partial charge in [0.25, 0.3) is 0 Å². The summed E-state index contributed by atoms with van der Waals surface area (Å²) in [5.74, 6) is 0.536. The second-order valence-electron chi connectivity index (χ2n) is 3.05. The van der Waals surface area contributed by atoms with Crippen LogP contribution in [-0.2, 0) is 0 Å². The van der Waals surface area contributed by atoms with Crippen LogP contribution in [0.3, 0.4) is 0 Å². The van der Waals surface area contributed by atoms with Gasteiger partial charge < -0.3 is 10.4 Å². The van der Waals surface area contributed by atoms with Crippen LogP contribution < -0.4 is 5.32 Å². The summed E-state index contributed by atoms with van der Waals surface area (Å²) in [7, 11) is 0. The number of nitrogens with zero attached hydrogens (tertiary/aromatic N) is 2. The van der Waals surface area contributed by atoms with Crippen molar-refractivity contribution in [1.82, 2.24) is 9.97 Å². The van der Waals surface area contributed by atoms with Gasteiger partial charge in [0.15, 0.2) is 0 Å². The van der Waals surface area contributed by atoms with Gasteiger partial charge in [-0.25, -0.2) is 9.97 Å². The molecule has 0 unspecified atom stereocenters. The van der Waals surface area contributed by atoms with Crippen molar-refractivity contribution < 1.29 is 5.11 Å². The van der Waals surface area contributed by atoms with Gasteiger partial charge in [-0.1, -0.05) is 0 Å². The molecular weight excluding hydrogens is 290 g/mol. The highest BCUT2D eigenvalue weighted by molar-refractivity contribution is 9.11. The number of aromatic nitrogens is 2. The summed E-state index contributed by atoms with van der Waals surface area (Å²) in [6.07, 6.45) is 3.54. The molecule has 0 saturated heterocycles. The summed E-state index contributed by atoms with van der Waals surface area (Å²) in [5, 5.41) is 11.5. The molecule has 0 aromatic carbocycles. The summed E-state index contributed by atoms with van der Waals surface area (Å²) in [6.45, 7) is 0.535. The van der Waals surface area contributed by atoms with Crippen molar-refractivity contribution >= 4 is 33.2 Å². The van der Waals surface area contributed by atoms with Crippen LogP contribution >= 0.6 is 27.3 Å². The van der Waals surface area contributed by atoms with Crippen molar-refractivity contribution in [3.05, 3.63) is 28.3 Å². The average Bonchev–Trinajstić information content (AvgIpc) is 2.74. The van der Waals surface area contributed by atoms with Crippen molar-refractivity contribution in [2.24, 2.45) is 0 Å². The second-order valence-corrected chi connectivity index (χ2v) is 5.51. The monoisotopic (exact) mass is 299 g/mol. The third-order valence-corrected chi connectivity index (χ3v) is 3.58. The number of hydrogen-bond acceptors (Lipinski definition) is 5. The first kappa shape index (κ1) is 11.5. The first-order valence-electron chi connectivity index (χ1n) is 4.72. The summed E-state index contributed by atoms with van der Waals surface area (Å²) in [4.78, 5) is 9.45. The lowest BCUT2D eigenvalue weighted by molar-refractivity contribution is 0.311. The van der Waals surface area contributed by atoms with Gasteiger partial charge in [0.05, 0.1) is 10.4 Å². The number of thiophene rings is 1. The molecule has 0 saturated carbocycles. The smallest absolute Gasteiger partial charge is 0.222 e. The van der Waals surface area contributed by atoms with Crippen molar-refractivity contribution in [1.29, 1.82) is 0 Å². The molecule has 2 N–H and O–H groups in total. The summed E-state index contributed by atoms with van der Waals surface area (Å²) in [6, 6.07) is 4.02. The molecule has 0 radical (unpaired) electrons. The van der Waals surface area contributed by atoms with Gasteiger partial charge in [-0.3, -0.25) is 0 Å². The van der Waals surface area contributed by atoms with E-state index in [1.54, 1.807) is 23.7 Å². The largest absolute Gasteiger partial charge is 0.395 e. The molecule has 0 atom stereocenters. The van der Waals surface area contributed by atoms with Crippen LogP contribution in [0.25, 0.3) is 10.4 Å². The lowest BCUT2D eigenvalue weighted by Crippen LogP contribution is -2.08. The Morgan fingerprint density at radius 2 is 2.06 bits per heavy atom. The predicted molar refractivity (Wildman–Crippen MR) is 68.6 cm³/mol. The third-order valence-electron chi connectivity index (χ3n) is 1.90. The van der Waals surface area contributed by atoms with E-state index < -0.39 is 0 Å². The number of aliphatic hydroxyl groups excluding tert-OH is 1. The second kappa shape index (κ2) is 5.38. The lowest BCUT2D eigenvalue weighted by Gasteiger charge is -2.02. The van der Waals surface area contributed by atoms with Crippen molar-refractivity contribution in [3.8, 4) is 10.4 Å². The number of aliphatic hydroxyl groups is 1. The number of nitrogens with one attached hydrogen (secondary N) is 1. The maximum absolute atomic E-state index is 8.64. The Hall–Kier alpha value is -0.980. The van der Waals surface area contributed by atoms with Gasteiger partial charge in [0, 0.05) is 29.4 Å². The Morgan fingerprint density at radius 3 is 2.62 bits per heavy atom. The van der Waals surface area contributed by atoms with E-state index in [0.29, 0.717) is 12.5 Å². The maximum Gasteiger partial charge on any atom is 0.222 e. The molecule has 0 amide bonds. The first-order chi connectivity index (χ1) is 7.79. The molecule has 2 heterocycles. The van der Waals surface area contributed by atoms with E-state index in [0.717, 1.165) is 14.2 Å². The summed E-state index contributed by atoms with van der Waals surface area (Å²) >= 11 is 5.06. The van der Waals surface area contributed by atoms with Crippen molar-refractivity contribution in [3.63, 3.8) is 0 Å². The molecule has 6 heteroatoms. The molecule has 0 aliphatic heterocycles. The van der Waals surface area contributed by atoms with E-state index in [1.165, 1.54) is 0 Å². The van der Waals surface area contributed by atoms with E-state index in [2.05, 4.69) is 31.2 Å². The standard InChI is InChI=1S/C10H10BrN3OS/c11-9-2-1-8(16-9)7-5-13-10(14-6-7)12-3-4-15/h1-2,5-6,15H,3-4H2,(H,12,13,14). The Bertz CT molecular complexity index is 457. The highest BCUT2D eigenvalue weighted by Gasteiger charge is 2.02. The summed E-state index contributed by atoms with van der Waals surface area (Å²) in [5.41, 5.74) is 0.991. The zero-order valence-electron chi connectivity index (χ0n) is 8.35. The van der Waals surface area contributed by atoms with Crippen LogP contribution in [0, 0.1) is 0 Å². The van der Waals surface area contributed by atoms with E-state index in [9.17, 15) is 0 Å². The molecule has 0 aliphatic rings. The topological polar surface area (TPSA) is 58.0 Å². The molecular formula is C10H10BrN3OS. The zero-order valence-corrected chi connectivity index (χ0v) is 10.8. The van der Waals surface area contributed by atoms with Crippen molar-refractivity contribution in [2.45, 2.75) is 0 Å². The van der Waals surface area contributed by atoms with Crippen LogP contribution in [0.5, 0.6) is 0 Å². The molecule has 4 nitrogen and oxygen atoms in total. The Balaban J connectivity index is 2.13. The molecule has 0 fully saturated rings. The maximum atomic E-state index is 8.64. The van der Waals surface area contributed by atoms with E-state index in [4.69, 9.17) is 5.11 Å². The van der Waals surface area contributed by atoms with Gasteiger partial charge in [-0.2, -0.15) is 0 Å².